The normalized spacial score (nSPS) is 17.1. The quantitative estimate of drug-likeness (QED) is 0.533. The molecule has 1 aromatic carbocycles. The van der Waals surface area contributed by atoms with E-state index in [1.807, 2.05) is 0 Å². The van der Waals surface area contributed by atoms with E-state index >= 15 is 0 Å². The van der Waals surface area contributed by atoms with Gasteiger partial charge < -0.3 is 25.8 Å². The molecule has 33 heavy (non-hydrogen) atoms. The third-order valence-electron chi connectivity index (χ3n) is 5.83. The smallest absolute Gasteiger partial charge is 0.416 e. The molecule has 4 N–H and O–H groups in total. The number of nitrogens with one attached hydrogen (secondary N) is 1. The van der Waals surface area contributed by atoms with Crippen LogP contribution in [0.4, 0.5) is 19.0 Å². The minimum Gasteiger partial charge on any atom is -0.507 e. The predicted octanol–water partition coefficient (Wildman–Crippen LogP) is 3.07. The molecule has 2 heterocycles. The van der Waals surface area contributed by atoms with E-state index in [0.29, 0.717) is 42.5 Å². The molecule has 1 fully saturated rings. The number of phenols is 1. The number of esters is 1. The molecule has 0 unspecified atom stereocenters. The van der Waals surface area contributed by atoms with Crippen LogP contribution < -0.4 is 11.1 Å². The number of methoxy groups -OCH3 is 1. The van der Waals surface area contributed by atoms with Crippen molar-refractivity contribution < 1.29 is 27.8 Å². The standard InChI is InChI=1S/C22H28F3N5O3/c1-13-17(11-26)21(27-15-4-3-8-30(12-15)9-7-19(32)33-2)29-28-20(13)16-6-5-14(10-18(16)31)22(23,24)25/h5-6,10,15,31H,3-4,7-9,11-12,26H2,1-2H3,(H,27,29)/t15-/m1/s1. The Kier molecular flexibility index (Phi) is 7.75. The summed E-state index contributed by atoms with van der Waals surface area (Å²) in [6.07, 6.45) is -2.39. The summed E-state index contributed by atoms with van der Waals surface area (Å²) in [6.45, 7) is 4.08. The number of ether oxygens (including phenoxy) is 1. The summed E-state index contributed by atoms with van der Waals surface area (Å²) in [5, 5.41) is 22.0. The zero-order valence-electron chi connectivity index (χ0n) is 18.6. The fourth-order valence-corrected chi connectivity index (χ4v) is 4.01. The number of aromatic nitrogens is 2. The molecule has 1 aliphatic heterocycles. The van der Waals surface area contributed by atoms with E-state index in [4.69, 9.17) is 10.5 Å². The third-order valence-corrected chi connectivity index (χ3v) is 5.83. The van der Waals surface area contributed by atoms with Gasteiger partial charge in [-0.3, -0.25) is 4.79 Å². The van der Waals surface area contributed by atoms with Crippen LogP contribution in [0.25, 0.3) is 11.3 Å². The fraction of sp³-hybridized carbons (Fsp3) is 0.500. The van der Waals surface area contributed by atoms with Gasteiger partial charge >= 0.3 is 12.1 Å². The largest absolute Gasteiger partial charge is 0.507 e. The first-order valence-electron chi connectivity index (χ1n) is 10.7. The Balaban J connectivity index is 1.79. The molecule has 1 saturated heterocycles. The lowest BCUT2D eigenvalue weighted by molar-refractivity contribution is -0.141. The van der Waals surface area contributed by atoms with Gasteiger partial charge in [0.1, 0.15) is 11.4 Å². The molecule has 0 amide bonds. The van der Waals surface area contributed by atoms with E-state index in [0.717, 1.165) is 25.5 Å². The minimum atomic E-state index is -4.56. The van der Waals surface area contributed by atoms with Crippen LogP contribution in [0, 0.1) is 6.92 Å². The summed E-state index contributed by atoms with van der Waals surface area (Å²) in [5.41, 5.74) is 6.75. The van der Waals surface area contributed by atoms with Crippen LogP contribution in [0.5, 0.6) is 5.75 Å². The van der Waals surface area contributed by atoms with Gasteiger partial charge in [0, 0.05) is 36.8 Å². The first-order chi connectivity index (χ1) is 15.6. The lowest BCUT2D eigenvalue weighted by Gasteiger charge is -2.33. The highest BCUT2D eigenvalue weighted by Gasteiger charge is 2.31. The molecule has 11 heteroatoms. The van der Waals surface area contributed by atoms with Crippen LogP contribution in [-0.2, 0) is 22.3 Å². The average molecular weight is 467 g/mol. The van der Waals surface area contributed by atoms with Crippen LogP contribution in [0.15, 0.2) is 18.2 Å². The lowest BCUT2D eigenvalue weighted by Crippen LogP contribution is -2.43. The van der Waals surface area contributed by atoms with E-state index < -0.39 is 17.5 Å². The second-order valence-electron chi connectivity index (χ2n) is 8.04. The Morgan fingerprint density at radius 2 is 2.12 bits per heavy atom. The lowest BCUT2D eigenvalue weighted by atomic mass is 10.00. The van der Waals surface area contributed by atoms with Crippen molar-refractivity contribution >= 4 is 11.8 Å². The van der Waals surface area contributed by atoms with Gasteiger partial charge in [-0.05, 0) is 50.1 Å². The fourth-order valence-electron chi connectivity index (χ4n) is 4.01. The Hall–Kier alpha value is -2.92. The highest BCUT2D eigenvalue weighted by Crippen LogP contribution is 2.37. The minimum absolute atomic E-state index is 0.0701. The summed E-state index contributed by atoms with van der Waals surface area (Å²) in [7, 11) is 1.37. The number of phenolic OH excluding ortho intramolecular Hbond substituents is 1. The molecule has 0 radical (unpaired) electrons. The first kappa shape index (κ1) is 24.7. The van der Waals surface area contributed by atoms with E-state index in [2.05, 4.69) is 20.4 Å². The number of carbonyl (C=O) groups is 1. The SMILES string of the molecule is COC(=O)CCN1CCC[C@@H](Nc2nnc(-c3ccc(C(F)(F)F)cc3O)c(C)c2CN)C1. The van der Waals surface area contributed by atoms with Crippen molar-refractivity contribution in [3.8, 4) is 17.0 Å². The average Bonchev–Trinajstić information content (AvgIpc) is 2.78. The number of alkyl halides is 3. The monoisotopic (exact) mass is 467 g/mol. The molecule has 180 valence electrons. The Bertz CT molecular complexity index is 1000. The molecule has 0 spiro atoms. The number of hydrogen-bond donors (Lipinski definition) is 3. The van der Waals surface area contributed by atoms with Crippen LogP contribution in [-0.4, -0.2) is 59.0 Å². The molecule has 1 atom stereocenters. The number of anilines is 1. The molecule has 3 rings (SSSR count). The zero-order chi connectivity index (χ0) is 24.2. The van der Waals surface area contributed by atoms with Gasteiger partial charge in [0.15, 0.2) is 5.82 Å². The van der Waals surface area contributed by atoms with Gasteiger partial charge in [0.25, 0.3) is 0 Å². The third kappa shape index (κ3) is 5.91. The Morgan fingerprint density at radius 1 is 1.36 bits per heavy atom. The van der Waals surface area contributed by atoms with Crippen molar-refractivity contribution in [3.63, 3.8) is 0 Å². The predicted molar refractivity (Wildman–Crippen MR) is 116 cm³/mol. The molecular weight excluding hydrogens is 439 g/mol. The molecule has 2 aromatic rings. The number of aromatic hydroxyl groups is 1. The van der Waals surface area contributed by atoms with Crippen LogP contribution in [0.1, 0.15) is 36.0 Å². The number of halogens is 3. The van der Waals surface area contributed by atoms with Crippen molar-refractivity contribution in [2.24, 2.45) is 5.73 Å². The summed E-state index contributed by atoms with van der Waals surface area (Å²) in [5.74, 6) is -0.275. The second-order valence-corrected chi connectivity index (χ2v) is 8.04. The molecule has 0 bridgehead atoms. The number of likely N-dealkylation sites (tertiary alicyclic amines) is 1. The van der Waals surface area contributed by atoms with Crippen molar-refractivity contribution in [1.82, 2.24) is 15.1 Å². The highest BCUT2D eigenvalue weighted by atomic mass is 19.4. The summed E-state index contributed by atoms with van der Waals surface area (Å²) < 4.78 is 43.5. The van der Waals surface area contributed by atoms with Gasteiger partial charge in [0.2, 0.25) is 0 Å². The molecule has 1 aliphatic rings. The maximum Gasteiger partial charge on any atom is 0.416 e. The van der Waals surface area contributed by atoms with Crippen LogP contribution >= 0.6 is 0 Å². The highest BCUT2D eigenvalue weighted by molar-refractivity contribution is 5.72. The maximum absolute atomic E-state index is 12.9. The topological polar surface area (TPSA) is 114 Å². The summed E-state index contributed by atoms with van der Waals surface area (Å²) in [6, 6.07) is 2.83. The van der Waals surface area contributed by atoms with Gasteiger partial charge in [-0.25, -0.2) is 0 Å². The molecule has 8 nitrogen and oxygen atoms in total. The number of hydrogen-bond acceptors (Lipinski definition) is 8. The van der Waals surface area contributed by atoms with Gasteiger partial charge in [0.05, 0.1) is 19.1 Å². The van der Waals surface area contributed by atoms with Crippen LogP contribution in [0.2, 0.25) is 0 Å². The van der Waals surface area contributed by atoms with Gasteiger partial charge in [-0.15, -0.1) is 10.2 Å². The van der Waals surface area contributed by atoms with Crippen molar-refractivity contribution in [2.45, 2.75) is 44.9 Å². The molecule has 0 aliphatic carbocycles. The number of carbonyl (C=O) groups excluding carboxylic acids is 1. The zero-order valence-corrected chi connectivity index (χ0v) is 18.6. The number of benzene rings is 1. The van der Waals surface area contributed by atoms with Crippen LogP contribution in [0.3, 0.4) is 0 Å². The van der Waals surface area contributed by atoms with E-state index in [1.54, 1.807) is 6.92 Å². The van der Waals surface area contributed by atoms with E-state index in [9.17, 15) is 23.1 Å². The Labute approximate surface area is 189 Å². The van der Waals surface area contributed by atoms with Crippen molar-refractivity contribution in [3.05, 3.63) is 34.9 Å². The second kappa shape index (κ2) is 10.3. The van der Waals surface area contributed by atoms with Gasteiger partial charge in [-0.1, -0.05) is 0 Å². The first-order valence-corrected chi connectivity index (χ1v) is 10.7. The van der Waals surface area contributed by atoms with Crippen molar-refractivity contribution in [2.75, 3.05) is 32.1 Å². The number of rotatable bonds is 7. The summed E-state index contributed by atoms with van der Waals surface area (Å²) >= 11 is 0. The summed E-state index contributed by atoms with van der Waals surface area (Å²) in [4.78, 5) is 13.6. The van der Waals surface area contributed by atoms with E-state index in [-0.39, 0.29) is 29.8 Å². The van der Waals surface area contributed by atoms with Crippen molar-refractivity contribution in [1.29, 1.82) is 0 Å². The Morgan fingerprint density at radius 3 is 2.76 bits per heavy atom. The number of nitrogens with two attached hydrogens (primary N) is 1. The molecular formula is C22H28F3N5O3. The molecule has 0 saturated carbocycles. The number of nitrogens with zero attached hydrogens (tertiary/aromatic N) is 3. The van der Waals surface area contributed by atoms with E-state index in [1.165, 1.54) is 13.2 Å². The molecule has 1 aromatic heterocycles. The maximum atomic E-state index is 12.9. The number of piperidine rings is 1. The van der Waals surface area contributed by atoms with Gasteiger partial charge in [-0.2, -0.15) is 13.2 Å².